The molecule has 1 aromatic carbocycles. The predicted molar refractivity (Wildman–Crippen MR) is 74.7 cm³/mol. The normalized spacial score (nSPS) is 9.74. The van der Waals surface area contributed by atoms with Crippen LogP contribution in [0.1, 0.15) is 5.69 Å². The molecule has 2 rings (SSSR count). The van der Waals surface area contributed by atoms with Gasteiger partial charge in [0, 0.05) is 5.69 Å². The van der Waals surface area contributed by atoms with Crippen LogP contribution in [0.5, 0.6) is 5.75 Å². The summed E-state index contributed by atoms with van der Waals surface area (Å²) in [6.07, 6.45) is 0. The van der Waals surface area contributed by atoms with Gasteiger partial charge < -0.3 is 15.8 Å². The van der Waals surface area contributed by atoms with E-state index in [1.54, 1.807) is 37.4 Å². The summed E-state index contributed by atoms with van der Waals surface area (Å²) in [6.45, 7) is 0. The van der Waals surface area contributed by atoms with Crippen LogP contribution in [0.3, 0.4) is 0 Å². The van der Waals surface area contributed by atoms with Crippen molar-refractivity contribution in [1.29, 1.82) is 5.26 Å². The van der Waals surface area contributed by atoms with Gasteiger partial charge in [-0.1, -0.05) is 11.6 Å². The van der Waals surface area contributed by atoms with Crippen molar-refractivity contribution < 1.29 is 4.74 Å². The molecule has 0 aliphatic carbocycles. The van der Waals surface area contributed by atoms with Crippen LogP contribution in [0, 0.1) is 11.3 Å². The van der Waals surface area contributed by atoms with Gasteiger partial charge in [-0.3, -0.25) is 0 Å². The van der Waals surface area contributed by atoms with Crippen molar-refractivity contribution >= 4 is 28.8 Å². The average Bonchev–Trinajstić information content (AvgIpc) is 2.41. The fourth-order valence-electron chi connectivity index (χ4n) is 1.52. The highest BCUT2D eigenvalue weighted by atomic mass is 35.5. The number of nitrogens with zero attached hydrogens (tertiary/aromatic N) is 2. The molecule has 0 aliphatic heterocycles. The van der Waals surface area contributed by atoms with Gasteiger partial charge in [-0.25, -0.2) is 4.98 Å². The number of halogens is 1. The highest BCUT2D eigenvalue weighted by Crippen LogP contribution is 2.28. The maximum atomic E-state index is 8.86. The van der Waals surface area contributed by atoms with Crippen LogP contribution in [0.25, 0.3) is 0 Å². The van der Waals surface area contributed by atoms with Crippen LogP contribution in [-0.4, -0.2) is 12.1 Å². The van der Waals surface area contributed by atoms with Gasteiger partial charge in [0.15, 0.2) is 5.69 Å². The zero-order chi connectivity index (χ0) is 13.8. The number of ether oxygens (including phenoxy) is 1. The average molecular weight is 275 g/mol. The van der Waals surface area contributed by atoms with Crippen molar-refractivity contribution in [3.8, 4) is 11.8 Å². The van der Waals surface area contributed by atoms with Gasteiger partial charge in [0.25, 0.3) is 0 Å². The van der Waals surface area contributed by atoms with E-state index in [1.165, 1.54) is 0 Å². The molecule has 0 spiro atoms. The van der Waals surface area contributed by atoms with Crippen LogP contribution in [0.4, 0.5) is 17.2 Å². The van der Waals surface area contributed by atoms with E-state index in [1.807, 2.05) is 6.07 Å². The number of hydrogen-bond acceptors (Lipinski definition) is 5. The number of nitrogen functional groups attached to an aromatic ring is 1. The first-order valence-corrected chi connectivity index (χ1v) is 5.79. The molecule has 0 fully saturated rings. The Morgan fingerprint density at radius 1 is 1.37 bits per heavy atom. The van der Waals surface area contributed by atoms with E-state index in [0.717, 1.165) is 5.69 Å². The van der Waals surface area contributed by atoms with E-state index in [4.69, 9.17) is 27.3 Å². The molecule has 3 N–H and O–H groups in total. The molecule has 0 amide bonds. The van der Waals surface area contributed by atoms with Crippen molar-refractivity contribution in [3.63, 3.8) is 0 Å². The molecule has 2 aromatic rings. The standard InChI is InChI=1S/C13H11ClN4O/c1-19-12-4-2-8(6-9(12)14)17-13-5-3-10(16)11(7-15)18-13/h2-6H,16H2,1H3,(H,17,18). The molecular weight excluding hydrogens is 264 g/mol. The Kier molecular flexibility index (Phi) is 3.74. The van der Waals surface area contributed by atoms with E-state index >= 15 is 0 Å². The third kappa shape index (κ3) is 2.87. The molecule has 6 heteroatoms. The van der Waals surface area contributed by atoms with Crippen molar-refractivity contribution in [2.24, 2.45) is 0 Å². The highest BCUT2D eigenvalue weighted by Gasteiger charge is 2.05. The molecule has 0 unspecified atom stereocenters. The summed E-state index contributed by atoms with van der Waals surface area (Å²) in [4.78, 5) is 4.09. The molecule has 1 aromatic heterocycles. The van der Waals surface area contributed by atoms with Crippen LogP contribution < -0.4 is 15.8 Å². The van der Waals surface area contributed by atoms with Crippen molar-refractivity contribution in [3.05, 3.63) is 41.0 Å². The molecule has 96 valence electrons. The lowest BCUT2D eigenvalue weighted by Crippen LogP contribution is -1.99. The zero-order valence-corrected chi connectivity index (χ0v) is 10.9. The van der Waals surface area contributed by atoms with Crippen LogP contribution in [-0.2, 0) is 0 Å². The largest absolute Gasteiger partial charge is 0.495 e. The Morgan fingerprint density at radius 2 is 2.16 bits per heavy atom. The number of methoxy groups -OCH3 is 1. The van der Waals surface area contributed by atoms with Gasteiger partial charge in [0.1, 0.15) is 17.6 Å². The Morgan fingerprint density at radius 3 is 2.79 bits per heavy atom. The second kappa shape index (κ2) is 5.46. The molecule has 5 nitrogen and oxygen atoms in total. The summed E-state index contributed by atoms with van der Waals surface area (Å²) in [5, 5.41) is 12.4. The maximum Gasteiger partial charge on any atom is 0.165 e. The number of nitrogens with one attached hydrogen (secondary N) is 1. The molecule has 19 heavy (non-hydrogen) atoms. The molecule has 0 aliphatic rings. The van der Waals surface area contributed by atoms with E-state index in [-0.39, 0.29) is 5.69 Å². The zero-order valence-electron chi connectivity index (χ0n) is 10.1. The molecule has 0 radical (unpaired) electrons. The van der Waals surface area contributed by atoms with Gasteiger partial charge in [-0.15, -0.1) is 0 Å². The lowest BCUT2D eigenvalue weighted by molar-refractivity contribution is 0.415. The minimum atomic E-state index is 0.185. The molecule has 1 heterocycles. The van der Waals surface area contributed by atoms with Crippen molar-refractivity contribution in [1.82, 2.24) is 4.98 Å². The minimum Gasteiger partial charge on any atom is -0.495 e. The summed E-state index contributed by atoms with van der Waals surface area (Å²) in [7, 11) is 1.55. The first-order valence-electron chi connectivity index (χ1n) is 5.41. The molecule has 0 atom stereocenters. The van der Waals surface area contributed by atoms with Gasteiger partial charge >= 0.3 is 0 Å². The van der Waals surface area contributed by atoms with Crippen molar-refractivity contribution in [2.45, 2.75) is 0 Å². The number of aromatic nitrogens is 1. The number of anilines is 3. The predicted octanol–water partition coefficient (Wildman–Crippen LogP) is 2.94. The Labute approximate surface area is 115 Å². The number of benzene rings is 1. The quantitative estimate of drug-likeness (QED) is 0.899. The topological polar surface area (TPSA) is 84.0 Å². The summed E-state index contributed by atoms with van der Waals surface area (Å²) in [5.41, 5.74) is 6.88. The Hall–Kier alpha value is -2.45. The Bertz CT molecular complexity index is 652. The number of nitrogens with two attached hydrogens (primary N) is 1. The first-order chi connectivity index (χ1) is 9.13. The third-order valence-electron chi connectivity index (χ3n) is 2.46. The van der Waals surface area contributed by atoms with Crippen LogP contribution in [0.15, 0.2) is 30.3 Å². The van der Waals surface area contributed by atoms with Crippen molar-refractivity contribution in [2.75, 3.05) is 18.2 Å². The monoisotopic (exact) mass is 274 g/mol. The van der Waals surface area contributed by atoms with E-state index < -0.39 is 0 Å². The summed E-state index contributed by atoms with van der Waals surface area (Å²) in [5.74, 6) is 1.11. The summed E-state index contributed by atoms with van der Waals surface area (Å²) < 4.78 is 5.07. The molecule has 0 bridgehead atoms. The maximum absolute atomic E-state index is 8.86. The van der Waals surface area contributed by atoms with Gasteiger partial charge in [0.2, 0.25) is 0 Å². The first kappa shape index (κ1) is 13.0. The number of hydrogen-bond donors (Lipinski definition) is 2. The van der Waals surface area contributed by atoms with Crippen LogP contribution in [0.2, 0.25) is 5.02 Å². The minimum absolute atomic E-state index is 0.185. The van der Waals surface area contributed by atoms with E-state index in [2.05, 4.69) is 10.3 Å². The molecular formula is C13H11ClN4O. The second-order valence-corrected chi connectivity index (χ2v) is 4.13. The SMILES string of the molecule is COc1ccc(Nc2ccc(N)c(C#N)n2)cc1Cl. The number of rotatable bonds is 3. The second-order valence-electron chi connectivity index (χ2n) is 3.72. The summed E-state index contributed by atoms with van der Waals surface area (Å²) in [6, 6.07) is 10.5. The molecule has 0 saturated heterocycles. The van der Waals surface area contributed by atoms with Gasteiger partial charge in [-0.05, 0) is 30.3 Å². The third-order valence-corrected chi connectivity index (χ3v) is 2.75. The van der Waals surface area contributed by atoms with E-state index in [9.17, 15) is 0 Å². The van der Waals surface area contributed by atoms with Crippen LogP contribution >= 0.6 is 11.6 Å². The van der Waals surface area contributed by atoms with E-state index in [0.29, 0.717) is 22.3 Å². The fraction of sp³-hybridized carbons (Fsp3) is 0.0769. The fourth-order valence-corrected chi connectivity index (χ4v) is 1.78. The van der Waals surface area contributed by atoms with Gasteiger partial charge in [-0.2, -0.15) is 5.26 Å². The number of pyridine rings is 1. The van der Waals surface area contributed by atoms with Gasteiger partial charge in [0.05, 0.1) is 17.8 Å². The highest BCUT2D eigenvalue weighted by molar-refractivity contribution is 6.32. The Balaban J connectivity index is 2.26. The lowest BCUT2D eigenvalue weighted by atomic mass is 10.3. The lowest BCUT2D eigenvalue weighted by Gasteiger charge is -2.09. The summed E-state index contributed by atoms with van der Waals surface area (Å²) >= 11 is 6.02. The smallest absolute Gasteiger partial charge is 0.165 e. The molecule has 0 saturated carbocycles. The number of nitriles is 1.